The summed E-state index contributed by atoms with van der Waals surface area (Å²) in [6.07, 6.45) is 6.62. The molecule has 1 amide bonds. The fourth-order valence-corrected chi connectivity index (χ4v) is 2.57. The largest absolute Gasteiger partial charge is 0.316 e. The maximum atomic E-state index is 12.3. The summed E-state index contributed by atoms with van der Waals surface area (Å²) < 4.78 is 4.22. The van der Waals surface area contributed by atoms with Gasteiger partial charge in [-0.15, -0.1) is 5.10 Å². The van der Waals surface area contributed by atoms with Crippen molar-refractivity contribution in [3.8, 4) is 0 Å². The molecule has 124 valence electrons. The maximum absolute atomic E-state index is 12.3. The number of carbonyl (C=O) groups excluding carboxylic acids is 1. The molecule has 0 bridgehead atoms. The first-order chi connectivity index (χ1) is 12.2. The van der Waals surface area contributed by atoms with Crippen LogP contribution >= 0.6 is 15.9 Å². The smallest absolute Gasteiger partial charge is 0.295 e. The zero-order chi connectivity index (χ0) is 17.2. The van der Waals surface area contributed by atoms with E-state index in [-0.39, 0.29) is 5.82 Å². The Morgan fingerprint density at radius 1 is 1.24 bits per heavy atom. The number of halogens is 1. The third-order valence-corrected chi connectivity index (χ3v) is 4.00. The van der Waals surface area contributed by atoms with Gasteiger partial charge in [-0.2, -0.15) is 10.1 Å². The summed E-state index contributed by atoms with van der Waals surface area (Å²) in [5.74, 6) is 0.0200. The molecule has 4 rings (SSSR count). The number of anilines is 1. The van der Waals surface area contributed by atoms with E-state index in [0.29, 0.717) is 18.0 Å². The molecule has 3 heterocycles. The van der Waals surface area contributed by atoms with Gasteiger partial charge >= 0.3 is 0 Å². The summed E-state index contributed by atoms with van der Waals surface area (Å²) in [4.78, 5) is 20.4. The van der Waals surface area contributed by atoms with Crippen molar-refractivity contribution >= 4 is 33.3 Å². The topological polar surface area (TPSA) is 90.0 Å². The maximum Gasteiger partial charge on any atom is 0.295 e. The monoisotopic (exact) mass is 397 g/mol. The second-order valence-corrected chi connectivity index (χ2v) is 6.22. The average Bonchev–Trinajstić information content (AvgIpc) is 3.23. The number of hydrogen-bond donors (Lipinski definition) is 1. The molecule has 0 aliphatic carbocycles. The van der Waals surface area contributed by atoms with E-state index in [1.165, 1.54) is 4.52 Å². The van der Waals surface area contributed by atoms with E-state index in [0.717, 1.165) is 10.0 Å². The molecule has 0 radical (unpaired) electrons. The number of fused-ring (bicyclic) bond motifs is 1. The minimum atomic E-state index is -0.409. The van der Waals surface area contributed by atoms with Crippen molar-refractivity contribution in [2.45, 2.75) is 6.54 Å². The molecule has 0 saturated heterocycles. The Bertz CT molecular complexity index is 1010. The number of nitrogens with one attached hydrogen (secondary N) is 1. The Kier molecular flexibility index (Phi) is 3.98. The number of hydrogen-bond acceptors (Lipinski definition) is 5. The van der Waals surface area contributed by atoms with Crippen LogP contribution in [-0.4, -0.2) is 35.3 Å². The predicted molar refractivity (Wildman–Crippen MR) is 94.2 cm³/mol. The summed E-state index contributed by atoms with van der Waals surface area (Å²) in [6, 6.07) is 9.69. The quantitative estimate of drug-likeness (QED) is 0.570. The Hall–Kier alpha value is -3.07. The van der Waals surface area contributed by atoms with Gasteiger partial charge in [0.15, 0.2) is 0 Å². The van der Waals surface area contributed by atoms with Crippen molar-refractivity contribution < 1.29 is 4.79 Å². The van der Waals surface area contributed by atoms with E-state index in [2.05, 4.69) is 41.4 Å². The van der Waals surface area contributed by atoms with Crippen LogP contribution in [0.2, 0.25) is 0 Å². The van der Waals surface area contributed by atoms with Gasteiger partial charge in [0.05, 0.1) is 18.4 Å². The number of rotatable bonds is 4. The van der Waals surface area contributed by atoms with Gasteiger partial charge in [-0.3, -0.25) is 9.48 Å². The van der Waals surface area contributed by atoms with Crippen LogP contribution in [0, 0.1) is 0 Å². The lowest BCUT2D eigenvalue weighted by molar-refractivity contribution is 0.101. The minimum Gasteiger partial charge on any atom is -0.316 e. The first kappa shape index (κ1) is 15.5. The second-order valence-electron chi connectivity index (χ2n) is 5.31. The predicted octanol–water partition coefficient (Wildman–Crippen LogP) is 2.38. The molecule has 1 N–H and O–H groups in total. The van der Waals surface area contributed by atoms with Gasteiger partial charge < -0.3 is 5.32 Å². The Morgan fingerprint density at radius 2 is 2.08 bits per heavy atom. The van der Waals surface area contributed by atoms with Crippen LogP contribution in [0.15, 0.2) is 59.6 Å². The van der Waals surface area contributed by atoms with Crippen LogP contribution < -0.4 is 5.32 Å². The van der Waals surface area contributed by atoms with Crippen LogP contribution in [0.4, 0.5) is 5.69 Å². The summed E-state index contributed by atoms with van der Waals surface area (Å²) >= 11 is 3.41. The van der Waals surface area contributed by atoms with Crippen molar-refractivity contribution in [1.82, 2.24) is 29.4 Å². The van der Waals surface area contributed by atoms with Gasteiger partial charge in [0.25, 0.3) is 11.7 Å². The molecular weight excluding hydrogens is 386 g/mol. The van der Waals surface area contributed by atoms with Crippen LogP contribution in [0.5, 0.6) is 0 Å². The minimum absolute atomic E-state index is 0.0550. The van der Waals surface area contributed by atoms with Gasteiger partial charge in [-0.25, -0.2) is 9.50 Å². The molecular formula is C16H12BrN7O. The third kappa shape index (κ3) is 3.41. The molecule has 0 spiro atoms. The van der Waals surface area contributed by atoms with Crippen LogP contribution in [0.1, 0.15) is 16.2 Å². The highest BCUT2D eigenvalue weighted by Crippen LogP contribution is 2.13. The number of amides is 1. The molecule has 3 aromatic heterocycles. The Morgan fingerprint density at radius 3 is 2.88 bits per heavy atom. The molecule has 8 nitrogen and oxygen atoms in total. The van der Waals surface area contributed by atoms with Gasteiger partial charge in [0, 0.05) is 23.1 Å². The van der Waals surface area contributed by atoms with Crippen molar-refractivity contribution in [3.05, 3.63) is 71.0 Å². The van der Waals surface area contributed by atoms with Gasteiger partial charge in [0.1, 0.15) is 0 Å². The van der Waals surface area contributed by atoms with Crippen LogP contribution in [0.25, 0.3) is 5.78 Å². The highest BCUT2D eigenvalue weighted by atomic mass is 79.9. The normalized spacial score (nSPS) is 10.9. The summed E-state index contributed by atoms with van der Waals surface area (Å²) in [5.41, 5.74) is 1.69. The molecule has 0 aliphatic heterocycles. The number of carbonyl (C=O) groups is 1. The zero-order valence-corrected chi connectivity index (χ0v) is 14.5. The fourth-order valence-electron chi connectivity index (χ4n) is 2.31. The highest BCUT2D eigenvalue weighted by Gasteiger charge is 2.14. The second kappa shape index (κ2) is 6.44. The molecule has 0 atom stereocenters. The first-order valence-corrected chi connectivity index (χ1v) is 8.22. The van der Waals surface area contributed by atoms with E-state index in [4.69, 9.17) is 0 Å². The number of benzene rings is 1. The Labute approximate surface area is 150 Å². The number of nitrogens with zero attached hydrogens (tertiary/aromatic N) is 6. The molecule has 0 aliphatic rings. The fraction of sp³-hybridized carbons (Fsp3) is 0.0625. The Balaban J connectivity index is 1.46. The lowest BCUT2D eigenvalue weighted by Gasteiger charge is -2.02. The molecule has 0 saturated carbocycles. The lowest BCUT2D eigenvalue weighted by atomic mass is 10.2. The van der Waals surface area contributed by atoms with Crippen LogP contribution in [-0.2, 0) is 6.54 Å². The summed E-state index contributed by atoms with van der Waals surface area (Å²) in [6.45, 7) is 0.611. The molecule has 0 unspecified atom stereocenters. The zero-order valence-electron chi connectivity index (χ0n) is 12.9. The molecule has 0 fully saturated rings. The van der Waals surface area contributed by atoms with Crippen molar-refractivity contribution in [3.63, 3.8) is 0 Å². The van der Waals surface area contributed by atoms with E-state index < -0.39 is 5.91 Å². The lowest BCUT2D eigenvalue weighted by Crippen LogP contribution is -2.13. The average molecular weight is 398 g/mol. The third-order valence-electron chi connectivity index (χ3n) is 3.47. The van der Waals surface area contributed by atoms with Gasteiger partial charge in [-0.1, -0.05) is 28.1 Å². The van der Waals surface area contributed by atoms with E-state index in [1.807, 2.05) is 24.3 Å². The molecule has 4 aromatic rings. The standard InChI is InChI=1S/C16H12BrN7O/c17-12-4-2-11(3-5-12)9-23-10-13(8-19-23)20-15(25)14-21-16-18-6-1-7-24(16)22-14/h1-8,10H,9H2,(H,20,25). The first-order valence-electron chi connectivity index (χ1n) is 7.43. The molecule has 9 heteroatoms. The van der Waals surface area contributed by atoms with Gasteiger partial charge in [0.2, 0.25) is 5.82 Å². The molecule has 1 aromatic carbocycles. The molecule has 25 heavy (non-hydrogen) atoms. The van der Waals surface area contributed by atoms with Crippen molar-refractivity contribution in [1.29, 1.82) is 0 Å². The summed E-state index contributed by atoms with van der Waals surface area (Å²) in [7, 11) is 0. The number of aromatic nitrogens is 6. The van der Waals surface area contributed by atoms with Crippen LogP contribution in [0.3, 0.4) is 0 Å². The van der Waals surface area contributed by atoms with E-state index >= 15 is 0 Å². The van der Waals surface area contributed by atoms with E-state index in [1.54, 1.807) is 35.5 Å². The van der Waals surface area contributed by atoms with Gasteiger partial charge in [-0.05, 0) is 23.8 Å². The van der Waals surface area contributed by atoms with Crippen molar-refractivity contribution in [2.75, 3.05) is 5.32 Å². The highest BCUT2D eigenvalue weighted by molar-refractivity contribution is 9.10. The van der Waals surface area contributed by atoms with Crippen molar-refractivity contribution in [2.24, 2.45) is 0 Å². The summed E-state index contributed by atoms with van der Waals surface area (Å²) in [5, 5.41) is 11.1. The van der Waals surface area contributed by atoms with E-state index in [9.17, 15) is 4.79 Å². The SMILES string of the molecule is O=C(Nc1cnn(Cc2ccc(Br)cc2)c1)c1nc2ncccn2n1.